The van der Waals surface area contributed by atoms with E-state index in [2.05, 4.69) is 55.4 Å². The van der Waals surface area contributed by atoms with Gasteiger partial charge in [-0.1, -0.05) is 168 Å². The molecule has 23 nitrogen and oxygen atoms in total. The van der Waals surface area contributed by atoms with Crippen molar-refractivity contribution in [3.05, 3.63) is 0 Å². The van der Waals surface area contributed by atoms with Gasteiger partial charge in [-0.05, 0) is 51.4 Å². The summed E-state index contributed by atoms with van der Waals surface area (Å²) in [4.78, 5) is 107. The lowest BCUT2D eigenvalue weighted by Gasteiger charge is -2.25. The SMILES string of the molecule is CCCCCCCCCCCCCCCC(=O)NCCN(CCNC(=O)CCCCCCCCCCCCCCC)C(=O)CCC(=O)N[C@@H](CCCN=C(N)N)C(=O)N[C@@H](CCCN=C(N)N)C(=O)N[C@@H](CCCN=C(N)N)C(N)=O. The predicted molar refractivity (Wildman–Crippen MR) is 327 cm³/mol. The number of amides is 7. The molecule has 0 saturated carbocycles. The fourth-order valence-corrected chi connectivity index (χ4v) is 9.33. The van der Waals surface area contributed by atoms with E-state index in [1.807, 2.05) is 0 Å². The van der Waals surface area contributed by atoms with E-state index in [0.29, 0.717) is 19.3 Å². The van der Waals surface area contributed by atoms with Crippen LogP contribution in [-0.2, 0) is 33.6 Å². The van der Waals surface area contributed by atoms with Crippen LogP contribution in [0.2, 0.25) is 0 Å². The molecule has 0 rings (SSSR count). The molecule has 0 spiro atoms. The van der Waals surface area contributed by atoms with E-state index in [4.69, 9.17) is 40.1 Å². The van der Waals surface area contributed by atoms with Gasteiger partial charge in [-0.3, -0.25) is 48.5 Å². The highest BCUT2D eigenvalue weighted by molar-refractivity contribution is 5.94. The normalized spacial score (nSPS) is 12.0. The topological polar surface area (TPSA) is 402 Å². The number of nitrogens with zero attached hydrogens (tertiary/aromatic N) is 4. The van der Waals surface area contributed by atoms with Crippen LogP contribution in [0.4, 0.5) is 0 Å². The molecule has 0 heterocycles. The molecule has 3 atom stereocenters. The van der Waals surface area contributed by atoms with Gasteiger partial charge in [0.25, 0.3) is 0 Å². The van der Waals surface area contributed by atoms with Crippen molar-refractivity contribution in [3.8, 4) is 0 Å². The highest BCUT2D eigenvalue weighted by Gasteiger charge is 2.29. The summed E-state index contributed by atoms with van der Waals surface area (Å²) in [6, 6.07) is -3.54. The Morgan fingerprint density at radius 1 is 0.358 bits per heavy atom. The molecule has 0 aliphatic carbocycles. The third kappa shape index (κ3) is 47.5. The monoisotopic (exact) mass is 1150 g/mol. The first kappa shape index (κ1) is 75.1. The Morgan fingerprint density at radius 2 is 0.667 bits per heavy atom. The van der Waals surface area contributed by atoms with E-state index in [9.17, 15) is 33.6 Å². The number of guanidine groups is 3. The van der Waals surface area contributed by atoms with Crippen molar-refractivity contribution in [2.24, 2.45) is 55.1 Å². The maximum atomic E-state index is 14.0. The largest absolute Gasteiger partial charge is 0.370 e. The second-order valence-electron chi connectivity index (χ2n) is 21.6. The minimum atomic E-state index is -1.22. The summed E-state index contributed by atoms with van der Waals surface area (Å²) in [7, 11) is 0. The van der Waals surface area contributed by atoms with Gasteiger partial charge in [-0.15, -0.1) is 0 Å². The molecule has 468 valence electrons. The molecule has 0 aromatic carbocycles. The summed E-state index contributed by atoms with van der Waals surface area (Å²) in [5.74, 6) is -3.91. The molecular formula is C58H114N16O7. The van der Waals surface area contributed by atoms with Gasteiger partial charge in [0.15, 0.2) is 17.9 Å². The number of rotatable bonds is 55. The number of aliphatic imine (C=N–C) groups is 3. The minimum absolute atomic E-state index is 0.0344. The predicted octanol–water partition coefficient (Wildman–Crippen LogP) is 4.89. The van der Waals surface area contributed by atoms with Crippen LogP contribution in [0.3, 0.4) is 0 Å². The number of carbonyl (C=O) groups excluding carboxylic acids is 7. The molecule has 0 radical (unpaired) electrons. The van der Waals surface area contributed by atoms with E-state index in [1.165, 1.54) is 133 Å². The second kappa shape index (κ2) is 52.2. The molecule has 23 heteroatoms. The van der Waals surface area contributed by atoms with E-state index in [1.54, 1.807) is 0 Å². The fourth-order valence-electron chi connectivity index (χ4n) is 9.33. The molecule has 7 amide bonds. The van der Waals surface area contributed by atoms with Crippen LogP contribution in [0.15, 0.2) is 15.0 Å². The highest BCUT2D eigenvalue weighted by Crippen LogP contribution is 2.15. The lowest BCUT2D eigenvalue weighted by atomic mass is 10.0. The minimum Gasteiger partial charge on any atom is -0.370 e. The van der Waals surface area contributed by atoms with Crippen molar-refractivity contribution >= 4 is 59.2 Å². The zero-order valence-electron chi connectivity index (χ0n) is 50.3. The Labute approximate surface area is 486 Å². The van der Waals surface area contributed by atoms with Gasteiger partial charge in [-0.2, -0.15) is 0 Å². The van der Waals surface area contributed by atoms with E-state index in [-0.39, 0.29) is 126 Å². The molecule has 0 saturated heterocycles. The smallest absolute Gasteiger partial charge is 0.243 e. The lowest BCUT2D eigenvalue weighted by molar-refractivity contribution is -0.135. The average molecular weight is 1150 g/mol. The number of nitrogens with one attached hydrogen (secondary N) is 5. The average Bonchev–Trinajstić information content (AvgIpc) is 3.42. The molecule has 0 aliphatic heterocycles. The Balaban J connectivity index is 5.73. The van der Waals surface area contributed by atoms with Crippen LogP contribution >= 0.6 is 0 Å². The summed E-state index contributed by atoms with van der Waals surface area (Å²) in [5.41, 5.74) is 38.4. The van der Waals surface area contributed by atoms with Crippen LogP contribution in [0.5, 0.6) is 0 Å². The van der Waals surface area contributed by atoms with Gasteiger partial charge in [0.05, 0.1) is 0 Å². The summed E-state index contributed by atoms with van der Waals surface area (Å²) >= 11 is 0. The first-order valence-corrected chi connectivity index (χ1v) is 31.2. The van der Waals surface area contributed by atoms with Crippen LogP contribution in [0.1, 0.15) is 245 Å². The van der Waals surface area contributed by atoms with Crippen molar-refractivity contribution in [3.63, 3.8) is 0 Å². The van der Waals surface area contributed by atoms with Crippen LogP contribution < -0.4 is 66.7 Å². The van der Waals surface area contributed by atoms with Crippen molar-refractivity contribution < 1.29 is 33.6 Å². The fraction of sp³-hybridized carbons (Fsp3) is 0.828. The lowest BCUT2D eigenvalue weighted by Crippen LogP contribution is -2.56. The standard InChI is InChI=1S/C58H114N16O7/c1-3-5-7-9-11-13-15-17-19-21-23-25-27-35-49(75)66-42-44-74(45-43-67-50(76)36-28-26-24-22-20-18-16-14-12-10-8-6-4-2)52(78)38-37-51(77)71-47(33-30-40-69-57(62)63)54(80)73-48(34-31-41-70-58(64)65)55(81)72-46(53(59)79)32-29-39-68-56(60)61/h46-48H,3-45H2,1-2H3,(H2,59,79)(H,66,75)(H,67,76)(H,71,77)(H,72,81)(H,73,80)(H4,60,61,68)(H4,62,63,69)(H4,64,65,70)/t46-,47-,48-/m0/s1. The molecule has 0 unspecified atom stereocenters. The van der Waals surface area contributed by atoms with E-state index in [0.717, 1.165) is 38.5 Å². The number of unbranched alkanes of at least 4 members (excludes halogenated alkanes) is 24. The van der Waals surface area contributed by atoms with Crippen LogP contribution in [0, 0.1) is 0 Å². The molecular weight excluding hydrogens is 1030 g/mol. The highest BCUT2D eigenvalue weighted by atomic mass is 16.2. The first-order valence-electron chi connectivity index (χ1n) is 31.2. The first-order chi connectivity index (χ1) is 39.0. The molecule has 0 aromatic heterocycles. The third-order valence-electron chi connectivity index (χ3n) is 14.1. The number of hydrogen-bond acceptors (Lipinski definition) is 10. The molecule has 0 bridgehead atoms. The molecule has 0 fully saturated rings. The van der Waals surface area contributed by atoms with Gasteiger partial charge >= 0.3 is 0 Å². The maximum absolute atomic E-state index is 14.0. The summed E-state index contributed by atoms with van der Waals surface area (Å²) < 4.78 is 0. The Hall–Kier alpha value is -5.90. The van der Waals surface area contributed by atoms with Gasteiger partial charge < -0.3 is 71.6 Å². The summed E-state index contributed by atoms with van der Waals surface area (Å²) in [5, 5.41) is 13.9. The zero-order valence-corrected chi connectivity index (χ0v) is 50.3. The van der Waals surface area contributed by atoms with Crippen molar-refractivity contribution in [2.45, 2.75) is 263 Å². The Bertz CT molecular complexity index is 1740. The van der Waals surface area contributed by atoms with Gasteiger partial charge in [-0.25, -0.2) is 0 Å². The van der Waals surface area contributed by atoms with E-state index >= 15 is 0 Å². The zero-order chi connectivity index (χ0) is 60.1. The molecule has 0 aromatic rings. The number of primary amides is 1. The third-order valence-corrected chi connectivity index (χ3v) is 14.1. The van der Waals surface area contributed by atoms with Crippen LogP contribution in [-0.4, -0.2) is 128 Å². The molecule has 19 N–H and O–H groups in total. The van der Waals surface area contributed by atoms with Gasteiger partial charge in [0.2, 0.25) is 41.4 Å². The van der Waals surface area contributed by atoms with Crippen molar-refractivity contribution in [2.75, 3.05) is 45.8 Å². The number of nitrogens with two attached hydrogens (primary N) is 7. The van der Waals surface area contributed by atoms with Gasteiger partial charge in [0, 0.05) is 71.5 Å². The quantitative estimate of drug-likeness (QED) is 0.0220. The number of carbonyl (C=O) groups is 7. The Morgan fingerprint density at radius 3 is 1.00 bits per heavy atom. The van der Waals surface area contributed by atoms with Crippen LogP contribution in [0.25, 0.3) is 0 Å². The summed E-state index contributed by atoms with van der Waals surface area (Å²) in [6.07, 6.45) is 32.7. The number of hydrogen-bond donors (Lipinski definition) is 12. The van der Waals surface area contributed by atoms with E-state index < -0.39 is 41.8 Å². The van der Waals surface area contributed by atoms with Crippen molar-refractivity contribution in [1.82, 2.24) is 31.5 Å². The maximum Gasteiger partial charge on any atom is 0.243 e. The van der Waals surface area contributed by atoms with Crippen molar-refractivity contribution in [1.29, 1.82) is 0 Å². The Kier molecular flexibility index (Phi) is 48.4. The molecule has 0 aliphatic rings. The summed E-state index contributed by atoms with van der Waals surface area (Å²) in [6.45, 7) is 5.62. The van der Waals surface area contributed by atoms with Gasteiger partial charge in [0.1, 0.15) is 18.1 Å². The second-order valence-corrected chi connectivity index (χ2v) is 21.6. The molecule has 81 heavy (non-hydrogen) atoms.